The summed E-state index contributed by atoms with van der Waals surface area (Å²) >= 11 is 1.32. The highest BCUT2D eigenvalue weighted by atomic mass is 32.2. The smallest absolute Gasteiger partial charge is 0.327 e. The molecule has 0 radical (unpaired) electrons. The van der Waals surface area contributed by atoms with Crippen molar-refractivity contribution in [1.82, 2.24) is 10.2 Å². The molecule has 0 aliphatic carbocycles. The van der Waals surface area contributed by atoms with E-state index in [0.717, 1.165) is 5.56 Å². The number of hydrogen-bond acceptors (Lipinski definition) is 6. The lowest BCUT2D eigenvalue weighted by molar-refractivity contribution is -0.161. The Hall–Kier alpha value is -3.33. The topological polar surface area (TPSA) is 113 Å². The Morgan fingerprint density at radius 1 is 1.09 bits per heavy atom. The van der Waals surface area contributed by atoms with Crippen LogP contribution in [-0.2, 0) is 30.5 Å². The van der Waals surface area contributed by atoms with Crippen LogP contribution in [0.2, 0.25) is 0 Å². The summed E-state index contributed by atoms with van der Waals surface area (Å²) in [5.41, 5.74) is 1.23. The zero-order valence-electron chi connectivity index (χ0n) is 18.1. The van der Waals surface area contributed by atoms with E-state index >= 15 is 0 Å². The van der Waals surface area contributed by atoms with Crippen molar-refractivity contribution in [3.05, 3.63) is 71.8 Å². The summed E-state index contributed by atoms with van der Waals surface area (Å²) in [6.45, 7) is 3.53. The molecule has 0 bridgehead atoms. The van der Waals surface area contributed by atoms with Crippen molar-refractivity contribution >= 4 is 35.5 Å². The second-order valence-corrected chi connectivity index (χ2v) is 10.3. The number of β-lactam (4-membered cyclic amide) rings is 1. The Morgan fingerprint density at radius 3 is 2.30 bits per heavy atom. The molecule has 2 aromatic carbocycles. The van der Waals surface area contributed by atoms with Crippen molar-refractivity contribution in [1.29, 1.82) is 0 Å². The fourth-order valence-electron chi connectivity index (χ4n) is 4.23. The molecule has 1 unspecified atom stereocenters. The van der Waals surface area contributed by atoms with Gasteiger partial charge in [-0.2, -0.15) is 0 Å². The number of hydrogen-bond donors (Lipinski definition) is 2. The summed E-state index contributed by atoms with van der Waals surface area (Å²) in [4.78, 5) is 51.9. The summed E-state index contributed by atoms with van der Waals surface area (Å²) in [7, 11) is 0. The van der Waals surface area contributed by atoms with Gasteiger partial charge in [0.25, 0.3) is 0 Å². The van der Waals surface area contributed by atoms with Crippen LogP contribution in [0.5, 0.6) is 0 Å². The van der Waals surface area contributed by atoms with Crippen LogP contribution in [0.4, 0.5) is 0 Å². The first-order valence-corrected chi connectivity index (χ1v) is 11.4. The van der Waals surface area contributed by atoms with Gasteiger partial charge in [-0.15, -0.1) is 11.8 Å². The highest BCUT2D eigenvalue weighted by Crippen LogP contribution is 2.50. The molecule has 8 nitrogen and oxygen atoms in total. The number of carboxylic acids is 1. The van der Waals surface area contributed by atoms with Gasteiger partial charge in [-0.3, -0.25) is 14.4 Å². The monoisotopic (exact) mass is 468 g/mol. The molecule has 4 atom stereocenters. The van der Waals surface area contributed by atoms with E-state index in [-0.39, 0.29) is 6.61 Å². The fourth-order valence-corrected chi connectivity index (χ4v) is 5.86. The Bertz CT molecular complexity index is 1070. The number of nitrogens with zero attached hydrogens (tertiary/aromatic N) is 1. The van der Waals surface area contributed by atoms with Crippen LogP contribution in [0.3, 0.4) is 0 Å². The molecular formula is C24H24N2O6S. The van der Waals surface area contributed by atoms with E-state index in [1.54, 1.807) is 44.2 Å². The Kier molecular flexibility index (Phi) is 6.16. The number of amides is 2. The summed E-state index contributed by atoms with van der Waals surface area (Å²) in [5, 5.41) is 11.7. The molecular weight excluding hydrogens is 444 g/mol. The predicted octanol–water partition coefficient (Wildman–Crippen LogP) is 2.15. The molecule has 2 N–H and O–H groups in total. The SMILES string of the molecule is CC1(C)S[C@@H]2[C@H](NC(=O)C(C(=O)OCc3ccccc3)c3ccccc3)C(=O)N2[C@H]1C(=O)O. The van der Waals surface area contributed by atoms with E-state index in [1.807, 2.05) is 30.3 Å². The van der Waals surface area contributed by atoms with E-state index in [0.29, 0.717) is 5.56 Å². The highest BCUT2D eigenvalue weighted by Gasteiger charge is 2.64. The largest absolute Gasteiger partial charge is 0.480 e. The molecule has 2 amide bonds. The Morgan fingerprint density at radius 2 is 1.70 bits per heavy atom. The maximum absolute atomic E-state index is 13.2. The van der Waals surface area contributed by atoms with Crippen molar-refractivity contribution in [2.75, 3.05) is 0 Å². The molecule has 0 spiro atoms. The summed E-state index contributed by atoms with van der Waals surface area (Å²) < 4.78 is 4.71. The van der Waals surface area contributed by atoms with E-state index in [4.69, 9.17) is 4.74 Å². The molecule has 2 fully saturated rings. The van der Waals surface area contributed by atoms with Crippen molar-refractivity contribution in [3.8, 4) is 0 Å². The number of carbonyl (C=O) groups excluding carboxylic acids is 3. The van der Waals surface area contributed by atoms with Gasteiger partial charge in [0.05, 0.1) is 0 Å². The highest BCUT2D eigenvalue weighted by molar-refractivity contribution is 8.01. The van der Waals surface area contributed by atoms with Gasteiger partial charge in [0.1, 0.15) is 24.1 Å². The number of nitrogens with one attached hydrogen (secondary N) is 1. The van der Waals surface area contributed by atoms with E-state index in [2.05, 4.69) is 5.32 Å². The maximum Gasteiger partial charge on any atom is 0.327 e. The molecule has 2 heterocycles. The first-order chi connectivity index (χ1) is 15.7. The average Bonchev–Trinajstić information content (AvgIpc) is 3.05. The molecule has 0 saturated carbocycles. The minimum atomic E-state index is -1.26. The Labute approximate surface area is 195 Å². The molecule has 2 aliphatic heterocycles. The lowest BCUT2D eigenvalue weighted by atomic mass is 9.94. The van der Waals surface area contributed by atoms with Crippen LogP contribution >= 0.6 is 11.8 Å². The van der Waals surface area contributed by atoms with Gasteiger partial charge in [0, 0.05) is 4.75 Å². The van der Waals surface area contributed by atoms with Crippen LogP contribution in [-0.4, -0.2) is 56.0 Å². The van der Waals surface area contributed by atoms with Gasteiger partial charge in [-0.05, 0) is 25.0 Å². The van der Waals surface area contributed by atoms with Crippen LogP contribution in [0, 0.1) is 0 Å². The second kappa shape index (κ2) is 8.90. The Balaban J connectivity index is 1.50. The molecule has 2 saturated heterocycles. The quantitative estimate of drug-likeness (QED) is 0.364. The molecule has 9 heteroatoms. The third-order valence-corrected chi connectivity index (χ3v) is 7.40. The molecule has 172 valence electrons. The van der Waals surface area contributed by atoms with Crippen molar-refractivity contribution in [2.24, 2.45) is 0 Å². The number of carbonyl (C=O) groups is 4. The number of carboxylic acid groups (broad SMARTS) is 1. The standard InChI is InChI=1S/C24H24N2O6S/c1-24(2)18(22(29)30)26-20(28)17(21(26)33-24)25-19(27)16(15-11-7-4-8-12-15)23(31)32-13-14-9-5-3-6-10-14/h3-12,16-18,21H,13H2,1-2H3,(H,25,27)(H,29,30)/t16?,17-,18+,21-/m1/s1. The fraction of sp³-hybridized carbons (Fsp3) is 0.333. The van der Waals surface area contributed by atoms with Crippen LogP contribution in [0.25, 0.3) is 0 Å². The summed E-state index contributed by atoms with van der Waals surface area (Å²) in [5.74, 6) is -4.20. The van der Waals surface area contributed by atoms with E-state index in [9.17, 15) is 24.3 Å². The lowest BCUT2D eigenvalue weighted by Gasteiger charge is -2.43. The van der Waals surface area contributed by atoms with Crippen LogP contribution in [0.15, 0.2) is 60.7 Å². The normalized spacial score (nSPS) is 23.8. The maximum atomic E-state index is 13.2. The number of ether oxygens (including phenoxy) is 1. The number of aliphatic carboxylic acids is 1. The van der Waals surface area contributed by atoms with Gasteiger partial charge in [-0.25, -0.2) is 4.79 Å². The zero-order chi connectivity index (χ0) is 23.8. The van der Waals surface area contributed by atoms with Gasteiger partial charge in [-0.1, -0.05) is 60.7 Å². The summed E-state index contributed by atoms with van der Waals surface area (Å²) in [6, 6.07) is 15.7. The number of fused-ring (bicyclic) bond motifs is 1. The van der Waals surface area contributed by atoms with Gasteiger partial charge in [0.2, 0.25) is 11.8 Å². The molecule has 2 aliphatic rings. The predicted molar refractivity (Wildman–Crippen MR) is 121 cm³/mol. The van der Waals surface area contributed by atoms with E-state index < -0.39 is 51.9 Å². The average molecular weight is 469 g/mol. The van der Waals surface area contributed by atoms with Crippen molar-refractivity contribution in [3.63, 3.8) is 0 Å². The first kappa shape index (κ1) is 22.8. The minimum absolute atomic E-state index is 0.0133. The first-order valence-electron chi connectivity index (χ1n) is 10.5. The molecule has 0 aromatic heterocycles. The lowest BCUT2D eigenvalue weighted by Crippen LogP contribution is -2.71. The van der Waals surface area contributed by atoms with Crippen LogP contribution < -0.4 is 5.32 Å². The molecule has 33 heavy (non-hydrogen) atoms. The van der Waals surface area contributed by atoms with Gasteiger partial charge < -0.3 is 20.1 Å². The number of esters is 1. The van der Waals surface area contributed by atoms with Crippen LogP contribution in [0.1, 0.15) is 30.9 Å². The van der Waals surface area contributed by atoms with E-state index in [1.165, 1.54) is 16.7 Å². The number of rotatable bonds is 7. The molecule has 2 aromatic rings. The van der Waals surface area contributed by atoms with Gasteiger partial charge >= 0.3 is 11.9 Å². The van der Waals surface area contributed by atoms with Crippen molar-refractivity contribution < 1.29 is 29.0 Å². The van der Waals surface area contributed by atoms with Crippen molar-refractivity contribution in [2.45, 2.75) is 48.6 Å². The minimum Gasteiger partial charge on any atom is -0.480 e. The number of thioether (sulfide) groups is 1. The third kappa shape index (κ3) is 4.32. The molecule has 4 rings (SSSR count). The number of benzene rings is 2. The third-order valence-electron chi connectivity index (χ3n) is 5.83. The van der Waals surface area contributed by atoms with Gasteiger partial charge in [0.15, 0.2) is 5.92 Å². The summed E-state index contributed by atoms with van der Waals surface area (Å²) in [6.07, 6.45) is 0. The second-order valence-electron chi connectivity index (χ2n) is 8.52. The zero-order valence-corrected chi connectivity index (χ0v) is 19.0.